The molecule has 0 bridgehead atoms. The zero-order valence-corrected chi connectivity index (χ0v) is 25.4. The number of non-ortho nitro benzene ring substituents is 1. The lowest BCUT2D eigenvalue weighted by Gasteiger charge is -2.41. The Hall–Kier alpha value is -4.40. The van der Waals surface area contributed by atoms with Crippen molar-refractivity contribution in [2.24, 2.45) is 0 Å². The Labute approximate surface area is 266 Å². The number of carbonyl (C=O) groups is 2. The standard InChI is InChI=1S/C33H39N5O8/c39-22-23-4-6-24(7-5-23)30-20-29(21-36-16-18-37(19-17-36)27-12-14-28(15-13-27)38(43)44)45-33(46-30)25-8-10-26(11-9-25)34-31(40)2-1-3-32(41)35-42/h4-15,29-30,33,39,42H,1-3,16-22H2,(H,34,40)(H,35,41)/t29-,30+,33+/m0/s1. The quantitative estimate of drug-likeness (QED) is 0.130. The fourth-order valence-electron chi connectivity index (χ4n) is 5.71. The van der Waals surface area contributed by atoms with Gasteiger partial charge in [-0.15, -0.1) is 0 Å². The van der Waals surface area contributed by atoms with Crippen LogP contribution in [0.15, 0.2) is 72.8 Å². The Morgan fingerprint density at radius 3 is 2.15 bits per heavy atom. The summed E-state index contributed by atoms with van der Waals surface area (Å²) in [6.45, 7) is 3.89. The van der Waals surface area contributed by atoms with E-state index in [4.69, 9.17) is 14.7 Å². The van der Waals surface area contributed by atoms with E-state index in [-0.39, 0.29) is 43.3 Å². The normalized spacial score (nSPS) is 20.2. The maximum Gasteiger partial charge on any atom is 0.269 e. The lowest BCUT2D eigenvalue weighted by atomic mass is 9.99. The number of nitrogens with zero attached hydrogens (tertiary/aromatic N) is 3. The number of nitro groups is 1. The first kappa shape index (κ1) is 33.0. The fourth-order valence-corrected chi connectivity index (χ4v) is 5.71. The van der Waals surface area contributed by atoms with E-state index in [0.29, 0.717) is 25.1 Å². The molecule has 3 aromatic rings. The second-order valence-electron chi connectivity index (χ2n) is 11.5. The third-order valence-corrected chi connectivity index (χ3v) is 8.27. The first-order chi connectivity index (χ1) is 22.3. The van der Waals surface area contributed by atoms with Crippen LogP contribution in [0.1, 0.15) is 54.8 Å². The van der Waals surface area contributed by atoms with Gasteiger partial charge in [-0.3, -0.25) is 29.8 Å². The molecule has 0 aromatic heterocycles. The van der Waals surface area contributed by atoms with Crippen LogP contribution in [0.5, 0.6) is 0 Å². The summed E-state index contributed by atoms with van der Waals surface area (Å²) in [5, 5.41) is 31.9. The van der Waals surface area contributed by atoms with E-state index in [0.717, 1.165) is 48.6 Å². The van der Waals surface area contributed by atoms with Crippen LogP contribution in [-0.4, -0.2) is 70.8 Å². The molecule has 0 aliphatic carbocycles. The highest BCUT2D eigenvalue weighted by atomic mass is 16.7. The maximum absolute atomic E-state index is 12.3. The molecule has 4 N–H and O–H groups in total. The zero-order valence-electron chi connectivity index (χ0n) is 25.4. The molecule has 13 heteroatoms. The van der Waals surface area contributed by atoms with Gasteiger partial charge in [0.15, 0.2) is 6.29 Å². The lowest BCUT2D eigenvalue weighted by molar-refractivity contribution is -0.384. The van der Waals surface area contributed by atoms with Crippen molar-refractivity contribution < 1.29 is 34.3 Å². The van der Waals surface area contributed by atoms with E-state index < -0.39 is 17.1 Å². The molecule has 0 spiro atoms. The second kappa shape index (κ2) is 15.7. The third kappa shape index (κ3) is 8.86. The van der Waals surface area contributed by atoms with Gasteiger partial charge in [0.05, 0.1) is 23.7 Å². The van der Waals surface area contributed by atoms with Crippen molar-refractivity contribution in [2.45, 2.75) is 50.8 Å². The first-order valence-corrected chi connectivity index (χ1v) is 15.4. The van der Waals surface area contributed by atoms with E-state index >= 15 is 0 Å². The SMILES string of the molecule is O=C(CCCC(=O)Nc1ccc([C@@H]2O[C@H](CN3CCN(c4ccc([N+](=O)[O-])cc4)CC3)C[C@H](c3ccc(CO)cc3)O2)cc1)NO. The molecule has 2 saturated heterocycles. The van der Waals surface area contributed by atoms with Crippen molar-refractivity contribution in [1.82, 2.24) is 10.4 Å². The minimum atomic E-state index is -0.635. The lowest BCUT2D eigenvalue weighted by Crippen LogP contribution is -2.49. The van der Waals surface area contributed by atoms with Gasteiger partial charge < -0.3 is 24.8 Å². The zero-order chi connectivity index (χ0) is 32.5. The van der Waals surface area contributed by atoms with Crippen molar-refractivity contribution >= 4 is 28.9 Å². The Balaban J connectivity index is 1.21. The number of aliphatic hydroxyl groups is 1. The van der Waals surface area contributed by atoms with E-state index in [1.165, 1.54) is 12.1 Å². The molecule has 0 saturated carbocycles. The number of rotatable bonds is 12. The van der Waals surface area contributed by atoms with Gasteiger partial charge in [0.25, 0.3) is 5.69 Å². The number of ether oxygens (including phenoxy) is 2. The third-order valence-electron chi connectivity index (χ3n) is 8.27. The largest absolute Gasteiger partial charge is 0.392 e. The van der Waals surface area contributed by atoms with E-state index in [1.807, 2.05) is 36.4 Å². The number of hydrogen-bond acceptors (Lipinski definition) is 10. The summed E-state index contributed by atoms with van der Waals surface area (Å²) in [4.78, 5) is 38.7. The van der Waals surface area contributed by atoms with Crippen molar-refractivity contribution in [2.75, 3.05) is 42.9 Å². The number of nitrogens with one attached hydrogen (secondary N) is 2. The first-order valence-electron chi connectivity index (χ1n) is 15.4. The van der Waals surface area contributed by atoms with E-state index in [9.17, 15) is 24.8 Å². The van der Waals surface area contributed by atoms with Crippen LogP contribution in [0, 0.1) is 10.1 Å². The van der Waals surface area contributed by atoms with Crippen LogP contribution in [0.2, 0.25) is 0 Å². The fraction of sp³-hybridized carbons (Fsp3) is 0.394. The molecule has 46 heavy (non-hydrogen) atoms. The van der Waals surface area contributed by atoms with E-state index in [2.05, 4.69) is 15.1 Å². The van der Waals surface area contributed by atoms with Crippen LogP contribution in [0.4, 0.5) is 17.1 Å². The molecule has 2 aliphatic rings. The highest BCUT2D eigenvalue weighted by Crippen LogP contribution is 2.38. The molecule has 244 valence electrons. The van der Waals surface area contributed by atoms with Gasteiger partial charge in [-0.05, 0) is 41.8 Å². The molecule has 3 aromatic carbocycles. The molecule has 0 unspecified atom stereocenters. The summed E-state index contributed by atoms with van der Waals surface area (Å²) >= 11 is 0. The van der Waals surface area contributed by atoms with Crippen molar-refractivity contribution in [3.8, 4) is 0 Å². The van der Waals surface area contributed by atoms with E-state index in [1.54, 1.807) is 29.7 Å². The van der Waals surface area contributed by atoms with Gasteiger partial charge >= 0.3 is 0 Å². The molecule has 13 nitrogen and oxygen atoms in total. The average molecular weight is 634 g/mol. The van der Waals surface area contributed by atoms with Gasteiger partial charge in [0, 0.05) is 81.1 Å². The van der Waals surface area contributed by atoms with Crippen LogP contribution in [0.25, 0.3) is 0 Å². The summed E-state index contributed by atoms with van der Waals surface area (Å²) in [5.41, 5.74) is 5.84. The Bertz CT molecular complexity index is 1460. The van der Waals surface area contributed by atoms with Gasteiger partial charge in [-0.1, -0.05) is 36.4 Å². The number of anilines is 2. The number of benzene rings is 3. The molecule has 2 heterocycles. The summed E-state index contributed by atoms with van der Waals surface area (Å²) in [6, 6.07) is 21.7. The van der Waals surface area contributed by atoms with Crippen molar-refractivity contribution in [3.63, 3.8) is 0 Å². The maximum atomic E-state index is 12.3. The molecule has 2 amide bonds. The molecule has 2 aliphatic heterocycles. The predicted molar refractivity (Wildman–Crippen MR) is 169 cm³/mol. The number of hydroxylamine groups is 1. The number of carbonyl (C=O) groups excluding carboxylic acids is 2. The van der Waals surface area contributed by atoms with Crippen LogP contribution < -0.4 is 15.7 Å². The molecule has 2 fully saturated rings. The summed E-state index contributed by atoms with van der Waals surface area (Å²) in [5.74, 6) is -0.765. The Morgan fingerprint density at radius 1 is 0.870 bits per heavy atom. The number of hydrogen-bond donors (Lipinski definition) is 4. The molecular weight excluding hydrogens is 594 g/mol. The smallest absolute Gasteiger partial charge is 0.269 e. The summed E-state index contributed by atoms with van der Waals surface area (Å²) in [7, 11) is 0. The molecule has 5 rings (SSSR count). The minimum Gasteiger partial charge on any atom is -0.392 e. The van der Waals surface area contributed by atoms with Crippen molar-refractivity contribution in [3.05, 3.63) is 99.6 Å². The highest BCUT2D eigenvalue weighted by molar-refractivity contribution is 5.91. The Kier molecular flexibility index (Phi) is 11.3. The van der Waals surface area contributed by atoms with Gasteiger partial charge in [-0.2, -0.15) is 0 Å². The molecular formula is C33H39N5O8. The molecule has 3 atom stereocenters. The van der Waals surface area contributed by atoms with Gasteiger partial charge in [0.2, 0.25) is 11.8 Å². The van der Waals surface area contributed by atoms with Gasteiger partial charge in [-0.25, -0.2) is 5.48 Å². The Morgan fingerprint density at radius 2 is 1.52 bits per heavy atom. The van der Waals surface area contributed by atoms with Crippen LogP contribution in [0.3, 0.4) is 0 Å². The van der Waals surface area contributed by atoms with Gasteiger partial charge in [0.1, 0.15) is 0 Å². The van der Waals surface area contributed by atoms with Crippen molar-refractivity contribution in [1.29, 1.82) is 0 Å². The summed E-state index contributed by atoms with van der Waals surface area (Å²) < 4.78 is 13.0. The monoisotopic (exact) mass is 633 g/mol. The average Bonchev–Trinajstić information content (AvgIpc) is 3.08. The molecule has 0 radical (unpaired) electrons. The number of nitro benzene ring substituents is 1. The number of amides is 2. The number of aliphatic hydroxyl groups excluding tert-OH is 1. The van der Waals surface area contributed by atoms with Crippen LogP contribution in [-0.2, 0) is 25.7 Å². The minimum absolute atomic E-state index is 0.0348. The number of piperazine rings is 1. The van der Waals surface area contributed by atoms with Crippen LogP contribution >= 0.6 is 0 Å². The summed E-state index contributed by atoms with van der Waals surface area (Å²) in [6.07, 6.45) is 0.180. The highest BCUT2D eigenvalue weighted by Gasteiger charge is 2.34. The predicted octanol–water partition coefficient (Wildman–Crippen LogP) is 4.07. The second-order valence-corrected chi connectivity index (χ2v) is 11.5. The topological polar surface area (TPSA) is 167 Å².